The molecule has 2 aromatic heterocycles. The third-order valence-electron chi connectivity index (χ3n) is 3.95. The van der Waals surface area contributed by atoms with Gasteiger partial charge in [0.25, 0.3) is 0 Å². The van der Waals surface area contributed by atoms with Crippen molar-refractivity contribution in [1.82, 2.24) is 9.55 Å². The lowest BCUT2D eigenvalue weighted by atomic mass is 10.1. The molecule has 120 valence electrons. The molecule has 0 aliphatic heterocycles. The summed E-state index contributed by atoms with van der Waals surface area (Å²) in [6.07, 6.45) is 10.5. The largest absolute Gasteiger partial charge is 0.504 e. The second-order valence-corrected chi connectivity index (χ2v) is 6.07. The zero-order valence-electron chi connectivity index (χ0n) is 13.9. The Labute approximate surface area is 137 Å². The Balaban J connectivity index is 2.64. The summed E-state index contributed by atoms with van der Waals surface area (Å²) >= 11 is 6.42. The van der Waals surface area contributed by atoms with E-state index in [2.05, 4.69) is 35.7 Å². The van der Waals surface area contributed by atoms with Gasteiger partial charge in [-0.3, -0.25) is 0 Å². The van der Waals surface area contributed by atoms with Crippen LogP contribution in [-0.4, -0.2) is 16.7 Å². The van der Waals surface area contributed by atoms with Crippen LogP contribution in [0.5, 0.6) is 0 Å². The van der Waals surface area contributed by atoms with Crippen LogP contribution in [0.25, 0.3) is 17.0 Å². The van der Waals surface area contributed by atoms with E-state index in [1.807, 2.05) is 13.0 Å². The molecule has 2 heterocycles. The van der Waals surface area contributed by atoms with Crippen molar-refractivity contribution < 1.29 is 4.74 Å². The van der Waals surface area contributed by atoms with Gasteiger partial charge in [-0.05, 0) is 31.9 Å². The van der Waals surface area contributed by atoms with Gasteiger partial charge in [-0.1, -0.05) is 38.3 Å². The molecule has 0 aliphatic carbocycles. The first-order valence-electron chi connectivity index (χ1n) is 7.99. The van der Waals surface area contributed by atoms with Crippen LogP contribution in [-0.2, 0) is 4.74 Å². The quantitative estimate of drug-likeness (QED) is 0.479. The van der Waals surface area contributed by atoms with Crippen molar-refractivity contribution in [2.75, 3.05) is 7.11 Å². The minimum Gasteiger partial charge on any atom is -0.504 e. The van der Waals surface area contributed by atoms with E-state index in [1.54, 1.807) is 13.4 Å². The molecule has 0 fully saturated rings. The molecule has 0 spiro atoms. The summed E-state index contributed by atoms with van der Waals surface area (Å²) in [5.41, 5.74) is 3.18. The lowest BCUT2D eigenvalue weighted by Crippen LogP contribution is -2.07. The number of nitrogens with zero attached hydrogens (tertiary/aromatic N) is 2. The standard InChI is InChI=1S/C18H25ClN2O/c1-5-7-15(8-6-2)21-12-14(9-10-22-4)17-16(21)11-13(3)20-18(17)19/h9-12,15H,5-8H2,1-4H3/b10-9+. The van der Waals surface area contributed by atoms with Gasteiger partial charge in [0.05, 0.1) is 18.9 Å². The first kappa shape index (κ1) is 16.9. The molecule has 0 bridgehead atoms. The monoisotopic (exact) mass is 320 g/mol. The Hall–Kier alpha value is -1.48. The Morgan fingerprint density at radius 3 is 2.59 bits per heavy atom. The summed E-state index contributed by atoms with van der Waals surface area (Å²) in [6, 6.07) is 2.63. The second kappa shape index (κ2) is 7.68. The minimum atomic E-state index is 0.500. The first-order chi connectivity index (χ1) is 10.6. The van der Waals surface area contributed by atoms with E-state index in [4.69, 9.17) is 16.3 Å². The van der Waals surface area contributed by atoms with Crippen LogP contribution in [0.15, 0.2) is 18.5 Å². The van der Waals surface area contributed by atoms with E-state index < -0.39 is 0 Å². The maximum absolute atomic E-state index is 6.42. The summed E-state index contributed by atoms with van der Waals surface area (Å²) in [5.74, 6) is 0. The zero-order chi connectivity index (χ0) is 16.1. The van der Waals surface area contributed by atoms with E-state index >= 15 is 0 Å². The van der Waals surface area contributed by atoms with E-state index in [9.17, 15) is 0 Å². The molecule has 0 saturated carbocycles. The average molecular weight is 321 g/mol. The van der Waals surface area contributed by atoms with Crippen molar-refractivity contribution >= 4 is 28.6 Å². The lowest BCUT2D eigenvalue weighted by Gasteiger charge is -2.19. The zero-order valence-corrected chi connectivity index (χ0v) is 14.7. The van der Waals surface area contributed by atoms with Crippen LogP contribution in [0, 0.1) is 6.92 Å². The molecule has 0 N–H and O–H groups in total. The highest BCUT2D eigenvalue weighted by molar-refractivity contribution is 6.34. The smallest absolute Gasteiger partial charge is 0.139 e. The molecule has 0 atom stereocenters. The van der Waals surface area contributed by atoms with E-state index in [0.717, 1.165) is 16.6 Å². The highest BCUT2D eigenvalue weighted by Gasteiger charge is 2.17. The Morgan fingerprint density at radius 2 is 2.00 bits per heavy atom. The van der Waals surface area contributed by atoms with Crippen LogP contribution in [0.3, 0.4) is 0 Å². The van der Waals surface area contributed by atoms with Gasteiger partial charge < -0.3 is 9.30 Å². The lowest BCUT2D eigenvalue weighted by molar-refractivity contribution is 0.341. The molecule has 3 nitrogen and oxygen atoms in total. The van der Waals surface area contributed by atoms with Crippen molar-refractivity contribution in [2.24, 2.45) is 0 Å². The Kier molecular flexibility index (Phi) is 5.90. The third kappa shape index (κ3) is 3.46. The van der Waals surface area contributed by atoms with Crippen molar-refractivity contribution in [3.8, 4) is 0 Å². The number of hydrogen-bond donors (Lipinski definition) is 0. The van der Waals surface area contributed by atoms with Crippen molar-refractivity contribution in [3.63, 3.8) is 0 Å². The summed E-state index contributed by atoms with van der Waals surface area (Å²) in [7, 11) is 1.65. The normalized spacial score (nSPS) is 11.9. The molecule has 4 heteroatoms. The molecule has 0 amide bonds. The number of fused-ring (bicyclic) bond motifs is 1. The Bertz CT molecular complexity index is 655. The van der Waals surface area contributed by atoms with Gasteiger partial charge in [0.1, 0.15) is 5.15 Å². The number of pyridine rings is 1. The van der Waals surface area contributed by atoms with Crippen LogP contribution in [0.1, 0.15) is 56.8 Å². The summed E-state index contributed by atoms with van der Waals surface area (Å²) in [5, 5.41) is 1.58. The fraction of sp³-hybridized carbons (Fsp3) is 0.500. The van der Waals surface area contributed by atoms with Gasteiger partial charge in [-0.25, -0.2) is 4.98 Å². The molecular weight excluding hydrogens is 296 g/mol. The van der Waals surface area contributed by atoms with Crippen molar-refractivity contribution in [1.29, 1.82) is 0 Å². The minimum absolute atomic E-state index is 0.500. The number of rotatable bonds is 7. The van der Waals surface area contributed by atoms with Crippen LogP contribution in [0.2, 0.25) is 5.15 Å². The van der Waals surface area contributed by atoms with Gasteiger partial charge in [-0.15, -0.1) is 0 Å². The molecule has 0 aliphatic rings. The van der Waals surface area contributed by atoms with E-state index in [1.165, 1.54) is 31.2 Å². The van der Waals surface area contributed by atoms with Gasteiger partial charge in [0.2, 0.25) is 0 Å². The van der Waals surface area contributed by atoms with Crippen LogP contribution in [0.4, 0.5) is 0 Å². The summed E-state index contributed by atoms with van der Waals surface area (Å²) < 4.78 is 7.44. The molecule has 0 saturated heterocycles. The number of ether oxygens (including phenoxy) is 1. The highest BCUT2D eigenvalue weighted by atomic mass is 35.5. The number of hydrogen-bond acceptors (Lipinski definition) is 2. The second-order valence-electron chi connectivity index (χ2n) is 5.71. The molecule has 0 radical (unpaired) electrons. The molecule has 22 heavy (non-hydrogen) atoms. The number of aryl methyl sites for hydroxylation is 1. The number of methoxy groups -OCH3 is 1. The molecule has 0 aromatic carbocycles. The predicted octanol–water partition coefficient (Wildman–Crippen LogP) is 5.76. The van der Waals surface area contributed by atoms with E-state index in [0.29, 0.717) is 11.2 Å². The Morgan fingerprint density at radius 1 is 1.32 bits per heavy atom. The fourth-order valence-electron chi connectivity index (χ4n) is 3.03. The molecular formula is C18H25ClN2O. The highest BCUT2D eigenvalue weighted by Crippen LogP contribution is 2.33. The van der Waals surface area contributed by atoms with Gasteiger partial charge >= 0.3 is 0 Å². The van der Waals surface area contributed by atoms with Crippen molar-refractivity contribution in [2.45, 2.75) is 52.5 Å². The van der Waals surface area contributed by atoms with Gasteiger partial charge in [0, 0.05) is 28.9 Å². The molecule has 2 aromatic rings. The number of aromatic nitrogens is 2. The van der Waals surface area contributed by atoms with E-state index in [-0.39, 0.29) is 0 Å². The average Bonchev–Trinajstić information content (AvgIpc) is 2.83. The topological polar surface area (TPSA) is 27.1 Å². The summed E-state index contributed by atoms with van der Waals surface area (Å²) in [6.45, 7) is 6.46. The fourth-order valence-corrected chi connectivity index (χ4v) is 3.37. The maximum atomic E-state index is 6.42. The molecule has 0 unspecified atom stereocenters. The predicted molar refractivity (Wildman–Crippen MR) is 94.4 cm³/mol. The van der Waals surface area contributed by atoms with Crippen LogP contribution < -0.4 is 0 Å². The van der Waals surface area contributed by atoms with Gasteiger partial charge in [-0.2, -0.15) is 0 Å². The SMILES string of the molecule is CCCC(CCC)n1cc(/C=C/OC)c2c(Cl)nc(C)cc21. The third-order valence-corrected chi connectivity index (χ3v) is 4.22. The van der Waals surface area contributed by atoms with Gasteiger partial charge in [0.15, 0.2) is 0 Å². The molecule has 2 rings (SSSR count). The number of halogens is 1. The maximum Gasteiger partial charge on any atom is 0.139 e. The van der Waals surface area contributed by atoms with Crippen LogP contribution >= 0.6 is 11.6 Å². The first-order valence-corrected chi connectivity index (χ1v) is 8.37. The summed E-state index contributed by atoms with van der Waals surface area (Å²) in [4.78, 5) is 4.41. The van der Waals surface area contributed by atoms with Crippen molar-refractivity contribution in [3.05, 3.63) is 34.9 Å².